The number of anilines is 1. The van der Waals surface area contributed by atoms with E-state index in [2.05, 4.69) is 68.0 Å². The van der Waals surface area contributed by atoms with Crippen LogP contribution < -0.4 is 9.64 Å². The molecule has 0 bridgehead atoms. The minimum Gasteiger partial charge on any atom is -0.461 e. The van der Waals surface area contributed by atoms with Crippen molar-refractivity contribution in [2.45, 2.75) is 109 Å². The molecular weight excluding hydrogens is 799 g/mol. The summed E-state index contributed by atoms with van der Waals surface area (Å²) in [6, 6.07) is 9.18. The first-order valence-electron chi connectivity index (χ1n) is 21.6. The van der Waals surface area contributed by atoms with Crippen LogP contribution in [0.5, 0.6) is 6.01 Å². The Morgan fingerprint density at radius 3 is 2.26 bits per heavy atom. The van der Waals surface area contributed by atoms with Crippen LogP contribution in [0, 0.1) is 34.7 Å². The molecule has 0 spiro atoms. The van der Waals surface area contributed by atoms with Crippen LogP contribution in [-0.2, 0) is 13.1 Å². The Morgan fingerprint density at radius 1 is 0.885 bits per heavy atom. The van der Waals surface area contributed by atoms with Crippen molar-refractivity contribution in [3.63, 3.8) is 0 Å². The number of aryl methyl sites for hydroxylation is 1. The van der Waals surface area contributed by atoms with Gasteiger partial charge in [-0.25, -0.2) is 17.6 Å². The molecule has 5 heterocycles. The second kappa shape index (κ2) is 16.4. The molecule has 1 amide bonds. The summed E-state index contributed by atoms with van der Waals surface area (Å²) in [6.07, 6.45) is 4.48. The molecule has 8 rings (SSSR count). The highest BCUT2D eigenvalue weighted by molar-refractivity contribution is 6.90. The molecule has 0 radical (unpaired) electrons. The smallest absolute Gasteiger partial charge is 0.319 e. The van der Waals surface area contributed by atoms with E-state index in [0.29, 0.717) is 36.9 Å². The van der Waals surface area contributed by atoms with Crippen molar-refractivity contribution in [2.24, 2.45) is 0 Å². The van der Waals surface area contributed by atoms with Gasteiger partial charge in [-0.15, -0.1) is 5.54 Å². The second-order valence-corrected chi connectivity index (χ2v) is 23.8. The average molecular weight is 854 g/mol. The van der Waals surface area contributed by atoms with Gasteiger partial charge in [0.1, 0.15) is 37.6 Å². The number of fused-ring (bicyclic) bond motifs is 4. The Morgan fingerprint density at radius 2 is 1.59 bits per heavy atom. The molecule has 0 saturated carbocycles. The normalized spacial score (nSPS) is 16.7. The number of halogens is 4. The van der Waals surface area contributed by atoms with E-state index in [1.807, 2.05) is 0 Å². The summed E-state index contributed by atoms with van der Waals surface area (Å²) in [7, 11) is 0.727. The number of nitrogens with zero attached hydrogens (tertiary/aromatic N) is 7. The molecule has 9 nitrogen and oxygen atoms in total. The fourth-order valence-corrected chi connectivity index (χ4v) is 15.9. The monoisotopic (exact) mass is 853 g/mol. The van der Waals surface area contributed by atoms with Crippen LogP contribution in [0.3, 0.4) is 0 Å². The van der Waals surface area contributed by atoms with Crippen molar-refractivity contribution in [2.75, 3.05) is 45.2 Å². The van der Waals surface area contributed by atoms with Gasteiger partial charge < -0.3 is 14.5 Å². The van der Waals surface area contributed by atoms with Crippen LogP contribution in [0.25, 0.3) is 32.8 Å². The number of benzene rings is 3. The van der Waals surface area contributed by atoms with Crippen LogP contribution in [0.15, 0.2) is 36.4 Å². The number of amides is 1. The fourth-order valence-electron chi connectivity index (χ4n) is 10.7. The Kier molecular flexibility index (Phi) is 11.4. The molecule has 322 valence electrons. The number of rotatable bonds is 9. The van der Waals surface area contributed by atoms with Crippen molar-refractivity contribution < 1.29 is 27.1 Å². The molecule has 0 unspecified atom stereocenters. The van der Waals surface area contributed by atoms with E-state index in [1.54, 1.807) is 29.2 Å². The number of carbonyl (C=O) groups is 1. The highest BCUT2D eigenvalue weighted by Crippen LogP contribution is 2.44. The first-order chi connectivity index (χ1) is 29.1. The van der Waals surface area contributed by atoms with Gasteiger partial charge in [-0.2, -0.15) is 15.1 Å². The molecule has 0 aliphatic carbocycles. The lowest BCUT2D eigenvalue weighted by atomic mass is 9.93. The van der Waals surface area contributed by atoms with E-state index in [9.17, 15) is 4.79 Å². The fraction of sp³-hybridized carbons (Fsp3) is 0.489. The van der Waals surface area contributed by atoms with Gasteiger partial charge in [0.05, 0.1) is 28.9 Å². The zero-order valence-corrected chi connectivity index (χ0v) is 37.4. The van der Waals surface area contributed by atoms with E-state index in [4.69, 9.17) is 9.72 Å². The zero-order valence-electron chi connectivity index (χ0n) is 36.4. The Bertz CT molecular complexity index is 2570. The van der Waals surface area contributed by atoms with Gasteiger partial charge in [0, 0.05) is 38.0 Å². The minimum absolute atomic E-state index is 0.0682. The van der Waals surface area contributed by atoms with Gasteiger partial charge in [0.15, 0.2) is 17.3 Å². The first kappa shape index (κ1) is 42.7. The molecule has 3 aliphatic heterocycles. The number of hydrogen-bond acceptors (Lipinski definition) is 7. The van der Waals surface area contributed by atoms with Crippen molar-refractivity contribution in [1.82, 2.24) is 29.5 Å². The van der Waals surface area contributed by atoms with Gasteiger partial charge >= 0.3 is 6.01 Å². The van der Waals surface area contributed by atoms with Crippen LogP contribution >= 0.6 is 0 Å². The van der Waals surface area contributed by atoms with Crippen LogP contribution in [0.2, 0.25) is 16.6 Å². The van der Waals surface area contributed by atoms with E-state index in [1.165, 1.54) is 35.8 Å². The predicted molar refractivity (Wildman–Crippen MR) is 234 cm³/mol. The summed E-state index contributed by atoms with van der Waals surface area (Å²) in [5.74, 6) is -0.318. The standard InChI is InChI=1S/C47H55F4N7O2Si/c1-28(2)61(29(3)4,30(5)6)24-17-32-35(48)16-15-31-13-9-14-33(38(31)32)39-36(49)25-34-42(41(39)51)52-46(60-27-47-18-10-21-57(47)22-11-19-47)53-44(34)56-20-12-23-58-37(26-56)40(50)43(54-58)45(59)55(7)8/h9,13-16,25,28-30H,10-12,18-23,26-27H2,1-8H3. The lowest BCUT2D eigenvalue weighted by Crippen LogP contribution is -2.43. The maximum atomic E-state index is 17.6. The van der Waals surface area contributed by atoms with Crippen molar-refractivity contribution in [1.29, 1.82) is 0 Å². The third kappa shape index (κ3) is 7.25. The summed E-state index contributed by atoms with van der Waals surface area (Å²) in [5, 5.41) is 5.29. The quantitative estimate of drug-likeness (QED) is 0.0830. The largest absolute Gasteiger partial charge is 0.461 e. The minimum atomic E-state index is -2.33. The number of ether oxygens (including phenoxy) is 1. The molecule has 3 aromatic carbocycles. The molecular formula is C47H55F4N7O2Si. The van der Waals surface area contributed by atoms with E-state index >= 15 is 17.6 Å². The summed E-state index contributed by atoms with van der Waals surface area (Å²) < 4.78 is 74.7. The van der Waals surface area contributed by atoms with Gasteiger partial charge in [-0.3, -0.25) is 14.4 Å². The average Bonchev–Trinajstić information content (AvgIpc) is 3.84. The van der Waals surface area contributed by atoms with E-state index in [-0.39, 0.29) is 79.5 Å². The van der Waals surface area contributed by atoms with Gasteiger partial charge in [0.2, 0.25) is 0 Å². The summed E-state index contributed by atoms with van der Waals surface area (Å²) in [4.78, 5) is 27.8. The van der Waals surface area contributed by atoms with Crippen molar-refractivity contribution >= 4 is 41.5 Å². The first-order valence-corrected chi connectivity index (χ1v) is 23.8. The summed E-state index contributed by atoms with van der Waals surface area (Å²) in [5.41, 5.74) is 3.85. The zero-order chi connectivity index (χ0) is 43.5. The lowest BCUT2D eigenvalue weighted by molar-refractivity contribution is 0.0816. The topological polar surface area (TPSA) is 79.6 Å². The van der Waals surface area contributed by atoms with Crippen LogP contribution in [0.1, 0.15) is 95.4 Å². The second-order valence-electron chi connectivity index (χ2n) is 18.3. The molecule has 2 fully saturated rings. The molecule has 14 heteroatoms. The van der Waals surface area contributed by atoms with Crippen molar-refractivity contribution in [3.05, 3.63) is 76.6 Å². The van der Waals surface area contributed by atoms with Crippen LogP contribution in [0.4, 0.5) is 23.4 Å². The predicted octanol–water partition coefficient (Wildman–Crippen LogP) is 9.89. The van der Waals surface area contributed by atoms with Gasteiger partial charge in [0.25, 0.3) is 5.91 Å². The van der Waals surface area contributed by atoms with E-state index < -0.39 is 37.2 Å². The van der Waals surface area contributed by atoms with E-state index in [0.717, 1.165) is 38.8 Å². The molecule has 2 aromatic heterocycles. The van der Waals surface area contributed by atoms with Gasteiger partial charge in [-0.05, 0) is 84.9 Å². The number of hydrogen-bond donors (Lipinski definition) is 0. The molecule has 2 saturated heterocycles. The van der Waals surface area contributed by atoms with Crippen LogP contribution in [-0.4, -0.2) is 89.4 Å². The lowest BCUT2D eigenvalue weighted by Gasteiger charge is -2.38. The van der Waals surface area contributed by atoms with Gasteiger partial charge in [-0.1, -0.05) is 71.7 Å². The summed E-state index contributed by atoms with van der Waals surface area (Å²) >= 11 is 0. The SMILES string of the molecule is CC(C)[Si](C#Cc1c(F)ccc2cccc(-c3c(F)cc4c(N5CCCn6nc(C(=O)N(C)C)c(F)c6C5)nc(OCC56CCCN5CCC6)nc4c3F)c12)(C(C)C)C(C)C. The molecule has 0 atom stereocenters. The third-order valence-electron chi connectivity index (χ3n) is 13.7. The highest BCUT2D eigenvalue weighted by atomic mass is 28.3. The number of aromatic nitrogens is 4. The molecule has 5 aromatic rings. The van der Waals surface area contributed by atoms with Crippen molar-refractivity contribution in [3.8, 4) is 28.6 Å². The highest BCUT2D eigenvalue weighted by Gasteiger charge is 2.45. The third-order valence-corrected chi connectivity index (χ3v) is 20.0. The number of carbonyl (C=O) groups excluding carboxylic acids is 1. The Labute approximate surface area is 356 Å². The Balaban J connectivity index is 1.31. The molecule has 61 heavy (non-hydrogen) atoms. The Hall–Kier alpha value is -5.00. The maximum Gasteiger partial charge on any atom is 0.319 e. The summed E-state index contributed by atoms with van der Waals surface area (Å²) in [6.45, 7) is 15.9. The maximum absolute atomic E-state index is 17.6. The molecule has 3 aliphatic rings. The molecule has 0 N–H and O–H groups in total.